The Balaban J connectivity index is 2.04. The van der Waals surface area contributed by atoms with Gasteiger partial charge in [0.1, 0.15) is 0 Å². The highest BCUT2D eigenvalue weighted by molar-refractivity contribution is 8.14. The minimum atomic E-state index is 0.0114. The first-order valence-corrected chi connectivity index (χ1v) is 6.59. The second kappa shape index (κ2) is 5.53. The van der Waals surface area contributed by atoms with E-state index in [1.54, 1.807) is 22.0 Å². The number of aliphatic hydroxyl groups is 1. The van der Waals surface area contributed by atoms with E-state index in [1.807, 2.05) is 0 Å². The van der Waals surface area contributed by atoms with Crippen LogP contribution in [0.15, 0.2) is 12.4 Å². The van der Waals surface area contributed by atoms with Crippen LogP contribution in [0, 0.1) is 0 Å². The van der Waals surface area contributed by atoms with Crippen molar-refractivity contribution in [3.8, 4) is 0 Å². The molecule has 0 aromatic carbocycles. The number of anilines is 1. The number of hydrogen-bond acceptors (Lipinski definition) is 5. The van der Waals surface area contributed by atoms with Crippen molar-refractivity contribution >= 4 is 28.5 Å². The number of aromatic nitrogens is 2. The number of hydrogen-bond donors (Lipinski definition) is 1. The van der Waals surface area contributed by atoms with Crippen molar-refractivity contribution in [1.82, 2.24) is 9.78 Å². The maximum atomic E-state index is 11.8. The topological polar surface area (TPSA) is 75.4 Å². The van der Waals surface area contributed by atoms with E-state index in [0.717, 1.165) is 5.69 Å². The maximum absolute atomic E-state index is 11.8. The molecule has 1 saturated heterocycles. The van der Waals surface area contributed by atoms with Crippen LogP contribution in [-0.2, 0) is 16.1 Å². The number of rotatable bonds is 4. The van der Waals surface area contributed by atoms with Gasteiger partial charge in [-0.3, -0.25) is 14.3 Å². The van der Waals surface area contributed by atoms with Crippen LogP contribution in [0.2, 0.25) is 0 Å². The predicted octanol–water partition coefficient (Wildman–Crippen LogP) is 0.260. The molecule has 18 heavy (non-hydrogen) atoms. The molecular formula is C11H15N3O3S. The van der Waals surface area contributed by atoms with Crippen LogP contribution in [0.4, 0.5) is 5.69 Å². The molecule has 0 radical (unpaired) electrons. The third kappa shape index (κ3) is 2.91. The third-order valence-corrected chi connectivity index (χ3v) is 3.66. The lowest BCUT2D eigenvalue weighted by Gasteiger charge is -2.13. The van der Waals surface area contributed by atoms with Gasteiger partial charge in [-0.25, -0.2) is 0 Å². The lowest BCUT2D eigenvalue weighted by Crippen LogP contribution is -2.24. The summed E-state index contributed by atoms with van der Waals surface area (Å²) >= 11 is 1.21. The molecule has 0 bridgehead atoms. The average molecular weight is 269 g/mol. The highest BCUT2D eigenvalue weighted by Crippen LogP contribution is 2.28. The molecule has 1 aromatic rings. The van der Waals surface area contributed by atoms with E-state index in [1.165, 1.54) is 18.7 Å². The van der Waals surface area contributed by atoms with E-state index in [-0.39, 0.29) is 22.9 Å². The fourth-order valence-corrected chi connectivity index (χ4v) is 2.87. The van der Waals surface area contributed by atoms with Crippen LogP contribution in [0.1, 0.15) is 13.3 Å². The van der Waals surface area contributed by atoms with Gasteiger partial charge in [-0.05, 0) is 0 Å². The lowest BCUT2D eigenvalue weighted by atomic mass is 10.4. The first-order valence-electron chi connectivity index (χ1n) is 5.71. The third-order valence-electron chi connectivity index (χ3n) is 2.68. The van der Waals surface area contributed by atoms with E-state index in [0.29, 0.717) is 19.5 Å². The molecule has 1 N–H and O–H groups in total. The number of nitrogens with zero attached hydrogens (tertiary/aromatic N) is 3. The minimum Gasteiger partial charge on any atom is -0.394 e. The molecule has 1 fully saturated rings. The molecule has 7 heteroatoms. The predicted molar refractivity (Wildman–Crippen MR) is 68.3 cm³/mol. The van der Waals surface area contributed by atoms with Gasteiger partial charge in [0, 0.05) is 31.3 Å². The van der Waals surface area contributed by atoms with Gasteiger partial charge >= 0.3 is 0 Å². The van der Waals surface area contributed by atoms with Crippen LogP contribution in [0.25, 0.3) is 0 Å². The van der Waals surface area contributed by atoms with Gasteiger partial charge in [-0.15, -0.1) is 0 Å². The van der Waals surface area contributed by atoms with E-state index in [9.17, 15) is 9.59 Å². The Kier molecular flexibility index (Phi) is 4.03. The monoisotopic (exact) mass is 269 g/mol. The summed E-state index contributed by atoms with van der Waals surface area (Å²) in [6.07, 6.45) is 3.72. The van der Waals surface area contributed by atoms with Crippen molar-refractivity contribution in [1.29, 1.82) is 0 Å². The Hall–Kier alpha value is -1.34. The fraction of sp³-hybridized carbons (Fsp3) is 0.545. The Morgan fingerprint density at radius 1 is 1.67 bits per heavy atom. The summed E-state index contributed by atoms with van der Waals surface area (Å²) in [6, 6.07) is 0. The number of aliphatic hydroxyl groups excluding tert-OH is 1. The molecule has 1 unspecified atom stereocenters. The Morgan fingerprint density at radius 2 is 2.44 bits per heavy atom. The van der Waals surface area contributed by atoms with Gasteiger partial charge in [0.2, 0.25) is 5.91 Å². The van der Waals surface area contributed by atoms with E-state index in [2.05, 4.69) is 5.10 Å². The quantitative estimate of drug-likeness (QED) is 0.848. The summed E-state index contributed by atoms with van der Waals surface area (Å²) in [7, 11) is 0. The summed E-state index contributed by atoms with van der Waals surface area (Å²) < 4.78 is 1.59. The molecule has 0 aliphatic carbocycles. The Bertz CT molecular complexity index is 460. The van der Waals surface area contributed by atoms with Crippen molar-refractivity contribution in [3.63, 3.8) is 0 Å². The second-order valence-corrected chi connectivity index (χ2v) is 5.60. The summed E-state index contributed by atoms with van der Waals surface area (Å²) in [5, 5.41) is 12.9. The Labute approximate surface area is 109 Å². The van der Waals surface area contributed by atoms with E-state index >= 15 is 0 Å². The summed E-state index contributed by atoms with van der Waals surface area (Å²) in [4.78, 5) is 24.5. The molecule has 0 spiro atoms. The molecule has 1 aliphatic heterocycles. The SMILES string of the molecule is CC(=O)SC1CC(=O)N(c2cnn(CCO)c2)C1. The highest BCUT2D eigenvalue weighted by Gasteiger charge is 2.32. The van der Waals surface area contributed by atoms with Gasteiger partial charge in [-0.2, -0.15) is 5.10 Å². The van der Waals surface area contributed by atoms with E-state index < -0.39 is 0 Å². The average Bonchev–Trinajstić information content (AvgIpc) is 2.85. The van der Waals surface area contributed by atoms with Gasteiger partial charge in [0.15, 0.2) is 5.12 Å². The molecule has 1 aliphatic rings. The molecule has 6 nitrogen and oxygen atoms in total. The van der Waals surface area contributed by atoms with Crippen molar-refractivity contribution in [2.75, 3.05) is 18.1 Å². The first kappa shape index (κ1) is 13.1. The number of carbonyl (C=O) groups is 2. The van der Waals surface area contributed by atoms with Crippen LogP contribution in [0.3, 0.4) is 0 Å². The van der Waals surface area contributed by atoms with Crippen molar-refractivity contribution in [2.45, 2.75) is 25.1 Å². The van der Waals surface area contributed by atoms with Crippen LogP contribution in [0.5, 0.6) is 0 Å². The molecule has 2 rings (SSSR count). The van der Waals surface area contributed by atoms with Gasteiger partial charge < -0.3 is 10.0 Å². The van der Waals surface area contributed by atoms with Crippen LogP contribution in [-0.4, -0.2) is 44.3 Å². The molecule has 1 atom stereocenters. The molecule has 1 aromatic heterocycles. The maximum Gasteiger partial charge on any atom is 0.228 e. The largest absolute Gasteiger partial charge is 0.394 e. The summed E-state index contributed by atoms with van der Waals surface area (Å²) in [5.41, 5.74) is 0.722. The smallest absolute Gasteiger partial charge is 0.228 e. The highest BCUT2D eigenvalue weighted by atomic mass is 32.2. The number of amides is 1. The number of carbonyl (C=O) groups excluding carboxylic acids is 2. The second-order valence-electron chi connectivity index (χ2n) is 4.13. The Morgan fingerprint density at radius 3 is 3.11 bits per heavy atom. The number of thioether (sulfide) groups is 1. The molecular weight excluding hydrogens is 254 g/mol. The van der Waals surface area contributed by atoms with Crippen molar-refractivity contribution in [2.24, 2.45) is 0 Å². The molecule has 0 saturated carbocycles. The fourth-order valence-electron chi connectivity index (χ4n) is 1.95. The zero-order valence-corrected chi connectivity index (χ0v) is 10.9. The first-order chi connectivity index (χ1) is 8.60. The van der Waals surface area contributed by atoms with Crippen LogP contribution < -0.4 is 4.90 Å². The van der Waals surface area contributed by atoms with Crippen molar-refractivity contribution < 1.29 is 14.7 Å². The van der Waals surface area contributed by atoms with Crippen molar-refractivity contribution in [3.05, 3.63) is 12.4 Å². The minimum absolute atomic E-state index is 0.0114. The van der Waals surface area contributed by atoms with Gasteiger partial charge in [0.25, 0.3) is 0 Å². The zero-order chi connectivity index (χ0) is 13.1. The van der Waals surface area contributed by atoms with Crippen LogP contribution >= 0.6 is 11.8 Å². The zero-order valence-electron chi connectivity index (χ0n) is 10.1. The molecule has 1 amide bonds. The van der Waals surface area contributed by atoms with Gasteiger partial charge in [0.05, 0.1) is 25.0 Å². The standard InChI is InChI=1S/C11H15N3O3S/c1-8(16)18-10-4-11(17)14(7-10)9-5-12-13(6-9)2-3-15/h5-6,10,15H,2-4,7H2,1H3. The summed E-state index contributed by atoms with van der Waals surface area (Å²) in [6.45, 7) is 2.47. The molecule has 2 heterocycles. The van der Waals surface area contributed by atoms with Gasteiger partial charge in [-0.1, -0.05) is 11.8 Å². The summed E-state index contributed by atoms with van der Waals surface area (Å²) in [5.74, 6) is 0.0114. The van der Waals surface area contributed by atoms with E-state index in [4.69, 9.17) is 5.11 Å². The molecule has 98 valence electrons. The lowest BCUT2D eigenvalue weighted by molar-refractivity contribution is -0.117. The normalized spacial score (nSPS) is 19.6.